The summed E-state index contributed by atoms with van der Waals surface area (Å²) < 4.78 is 40.4. The third-order valence-electron chi connectivity index (χ3n) is 3.23. The molecule has 114 valence electrons. The van der Waals surface area contributed by atoms with E-state index in [9.17, 15) is 13.2 Å². The van der Waals surface area contributed by atoms with E-state index in [1.54, 1.807) is 7.05 Å². The van der Waals surface area contributed by atoms with Crippen LogP contribution in [-0.4, -0.2) is 16.8 Å². The Hall–Kier alpha value is -1.82. The van der Waals surface area contributed by atoms with Crippen molar-refractivity contribution >= 4 is 0 Å². The van der Waals surface area contributed by atoms with Gasteiger partial charge in [0.25, 0.3) is 0 Å². The highest BCUT2D eigenvalue weighted by molar-refractivity contribution is 5.21. The van der Waals surface area contributed by atoms with Crippen molar-refractivity contribution in [1.29, 1.82) is 0 Å². The van der Waals surface area contributed by atoms with Crippen LogP contribution in [0.25, 0.3) is 0 Å². The molecule has 6 heteroatoms. The van der Waals surface area contributed by atoms with Crippen LogP contribution in [0, 0.1) is 0 Å². The number of halogens is 3. The summed E-state index contributed by atoms with van der Waals surface area (Å²) in [6.45, 7) is 0.418. The van der Waals surface area contributed by atoms with Crippen LogP contribution in [0.4, 0.5) is 13.2 Å². The first-order chi connectivity index (χ1) is 10.0. The maximum atomic E-state index is 13.1. The molecule has 0 saturated heterocycles. The van der Waals surface area contributed by atoms with E-state index in [1.807, 2.05) is 30.3 Å². The highest BCUT2D eigenvalue weighted by Crippen LogP contribution is 2.32. The Kier molecular flexibility index (Phi) is 5.01. The maximum absolute atomic E-state index is 13.1. The zero-order valence-corrected chi connectivity index (χ0v) is 11.8. The monoisotopic (exact) mass is 297 g/mol. The van der Waals surface area contributed by atoms with Crippen LogP contribution in [0.5, 0.6) is 0 Å². The second-order valence-corrected chi connectivity index (χ2v) is 4.86. The minimum absolute atomic E-state index is 0.160. The highest BCUT2D eigenvalue weighted by Gasteiger charge is 2.37. The number of aromatic nitrogens is 2. The second-order valence-electron chi connectivity index (χ2n) is 4.86. The van der Waals surface area contributed by atoms with Gasteiger partial charge in [0.15, 0.2) is 0 Å². The van der Waals surface area contributed by atoms with Gasteiger partial charge in [-0.05, 0) is 25.5 Å². The molecule has 0 fully saturated rings. The zero-order chi connectivity index (χ0) is 15.3. The summed E-state index contributed by atoms with van der Waals surface area (Å²) in [7, 11) is 1.62. The number of nitrogens with one attached hydrogen (secondary N) is 1. The van der Waals surface area contributed by atoms with E-state index in [0.717, 1.165) is 16.7 Å². The lowest BCUT2D eigenvalue weighted by Gasteiger charge is -2.12. The predicted octanol–water partition coefficient (Wildman–Crippen LogP) is 3.25. The van der Waals surface area contributed by atoms with Gasteiger partial charge in [0, 0.05) is 18.7 Å². The number of aryl methyl sites for hydroxylation is 2. The lowest BCUT2D eigenvalue weighted by atomic mass is 10.1. The summed E-state index contributed by atoms with van der Waals surface area (Å²) >= 11 is 0. The molecule has 0 aliphatic rings. The molecule has 1 aromatic carbocycles. The summed E-state index contributed by atoms with van der Waals surface area (Å²) in [5.74, 6) is 0. The van der Waals surface area contributed by atoms with Gasteiger partial charge >= 0.3 is 6.18 Å². The Labute approximate surface area is 121 Å². The second kappa shape index (κ2) is 6.76. The van der Waals surface area contributed by atoms with Gasteiger partial charge < -0.3 is 5.32 Å². The van der Waals surface area contributed by atoms with Gasteiger partial charge in [-0.3, -0.25) is 4.68 Å². The van der Waals surface area contributed by atoms with E-state index in [2.05, 4.69) is 10.4 Å². The summed E-state index contributed by atoms with van der Waals surface area (Å²) in [5.41, 5.74) is 0.656. The van der Waals surface area contributed by atoms with E-state index in [0.29, 0.717) is 6.42 Å². The number of rotatable bonds is 6. The van der Waals surface area contributed by atoms with Crippen molar-refractivity contribution in [3.8, 4) is 0 Å². The fourth-order valence-electron chi connectivity index (χ4n) is 2.32. The van der Waals surface area contributed by atoms with Crippen LogP contribution in [-0.2, 0) is 25.7 Å². The molecule has 0 aliphatic carbocycles. The van der Waals surface area contributed by atoms with Crippen molar-refractivity contribution < 1.29 is 13.2 Å². The van der Waals surface area contributed by atoms with Crippen molar-refractivity contribution in [3.63, 3.8) is 0 Å². The standard InChI is InChI=1S/C15H18F3N3/c1-19-10-13-11-20-21(14(13)15(16,17)18)9-5-8-12-6-3-2-4-7-12/h2-4,6-7,11,19H,5,8-10H2,1H3. The fraction of sp³-hybridized carbons (Fsp3) is 0.400. The van der Waals surface area contributed by atoms with Gasteiger partial charge in [-0.2, -0.15) is 18.3 Å². The normalized spacial score (nSPS) is 11.8. The van der Waals surface area contributed by atoms with E-state index >= 15 is 0 Å². The molecule has 0 amide bonds. The molecule has 3 nitrogen and oxygen atoms in total. The molecule has 0 unspecified atom stereocenters. The molecular formula is C15H18F3N3. The quantitative estimate of drug-likeness (QED) is 0.887. The van der Waals surface area contributed by atoms with Gasteiger partial charge in [0.05, 0.1) is 6.20 Å². The molecule has 1 aromatic heterocycles. The van der Waals surface area contributed by atoms with E-state index in [4.69, 9.17) is 0 Å². The molecule has 0 saturated carbocycles. The van der Waals surface area contributed by atoms with Crippen LogP contribution in [0.1, 0.15) is 23.2 Å². The van der Waals surface area contributed by atoms with Crippen molar-refractivity contribution in [2.75, 3.05) is 7.05 Å². The van der Waals surface area contributed by atoms with E-state index < -0.39 is 11.9 Å². The molecule has 0 radical (unpaired) electrons. The smallest absolute Gasteiger partial charge is 0.316 e. The van der Waals surface area contributed by atoms with Crippen LogP contribution >= 0.6 is 0 Å². The lowest BCUT2D eigenvalue weighted by molar-refractivity contribution is -0.144. The largest absolute Gasteiger partial charge is 0.433 e. The predicted molar refractivity (Wildman–Crippen MR) is 74.8 cm³/mol. The molecule has 2 aromatic rings. The van der Waals surface area contributed by atoms with Crippen LogP contribution in [0.3, 0.4) is 0 Å². The van der Waals surface area contributed by atoms with Crippen molar-refractivity contribution in [3.05, 3.63) is 53.3 Å². The first kappa shape index (κ1) is 15.6. The van der Waals surface area contributed by atoms with Crippen molar-refractivity contribution in [2.24, 2.45) is 0 Å². The molecule has 2 rings (SSSR count). The van der Waals surface area contributed by atoms with Crippen LogP contribution < -0.4 is 5.32 Å². The van der Waals surface area contributed by atoms with E-state index in [-0.39, 0.29) is 18.7 Å². The van der Waals surface area contributed by atoms with Crippen LogP contribution in [0.2, 0.25) is 0 Å². The van der Waals surface area contributed by atoms with Gasteiger partial charge in [-0.1, -0.05) is 30.3 Å². The molecule has 0 spiro atoms. The lowest BCUT2D eigenvalue weighted by Crippen LogP contribution is -2.19. The molecule has 21 heavy (non-hydrogen) atoms. The summed E-state index contributed by atoms with van der Waals surface area (Å²) in [4.78, 5) is 0. The Bertz CT molecular complexity index is 561. The molecule has 1 N–H and O–H groups in total. The molecule has 0 aliphatic heterocycles. The highest BCUT2D eigenvalue weighted by atomic mass is 19.4. The number of alkyl halides is 3. The number of hydrogen-bond donors (Lipinski definition) is 1. The average molecular weight is 297 g/mol. The van der Waals surface area contributed by atoms with Gasteiger partial charge in [-0.25, -0.2) is 0 Å². The first-order valence-electron chi connectivity index (χ1n) is 6.82. The molecule has 0 atom stereocenters. The van der Waals surface area contributed by atoms with Gasteiger partial charge in [0.1, 0.15) is 5.69 Å². The molecule has 0 bridgehead atoms. The minimum atomic E-state index is -4.38. The number of nitrogens with zero attached hydrogens (tertiary/aromatic N) is 2. The van der Waals surface area contributed by atoms with Gasteiger partial charge in [0.2, 0.25) is 0 Å². The van der Waals surface area contributed by atoms with Crippen molar-refractivity contribution in [2.45, 2.75) is 32.1 Å². The van der Waals surface area contributed by atoms with Crippen LogP contribution in [0.15, 0.2) is 36.5 Å². The van der Waals surface area contributed by atoms with Crippen molar-refractivity contribution in [1.82, 2.24) is 15.1 Å². The number of benzene rings is 1. The zero-order valence-electron chi connectivity index (χ0n) is 11.8. The molecular weight excluding hydrogens is 279 g/mol. The Morgan fingerprint density at radius 2 is 1.90 bits per heavy atom. The molecule has 1 heterocycles. The average Bonchev–Trinajstić information content (AvgIpc) is 2.83. The summed E-state index contributed by atoms with van der Waals surface area (Å²) in [6, 6.07) is 9.72. The minimum Gasteiger partial charge on any atom is -0.316 e. The number of hydrogen-bond acceptors (Lipinski definition) is 2. The summed E-state index contributed by atoms with van der Waals surface area (Å²) in [5, 5.41) is 6.63. The third-order valence-corrected chi connectivity index (χ3v) is 3.23. The Morgan fingerprint density at radius 1 is 1.19 bits per heavy atom. The Balaban J connectivity index is 2.06. The topological polar surface area (TPSA) is 29.9 Å². The SMILES string of the molecule is CNCc1cnn(CCCc2ccccc2)c1C(F)(F)F. The summed E-state index contributed by atoms with van der Waals surface area (Å²) in [6.07, 6.45) is -1.73. The van der Waals surface area contributed by atoms with E-state index in [1.165, 1.54) is 6.20 Å². The fourth-order valence-corrected chi connectivity index (χ4v) is 2.32. The van der Waals surface area contributed by atoms with Gasteiger partial charge in [-0.15, -0.1) is 0 Å². The third kappa shape index (κ3) is 4.07. The Morgan fingerprint density at radius 3 is 2.52 bits per heavy atom. The first-order valence-corrected chi connectivity index (χ1v) is 6.82. The maximum Gasteiger partial charge on any atom is 0.433 e.